The van der Waals surface area contributed by atoms with Crippen LogP contribution in [0.2, 0.25) is 5.02 Å². The van der Waals surface area contributed by atoms with E-state index in [0.29, 0.717) is 17.2 Å². The van der Waals surface area contributed by atoms with E-state index in [9.17, 15) is 4.79 Å². The smallest absolute Gasteiger partial charge is 0.271 e. The van der Waals surface area contributed by atoms with Crippen LogP contribution >= 0.6 is 11.6 Å². The van der Waals surface area contributed by atoms with Crippen LogP contribution < -0.4 is 15.1 Å². The number of amides is 1. The van der Waals surface area contributed by atoms with Gasteiger partial charge in [0.25, 0.3) is 5.91 Å². The lowest BCUT2D eigenvalue weighted by Crippen LogP contribution is -2.21. The van der Waals surface area contributed by atoms with Crippen molar-refractivity contribution in [3.63, 3.8) is 0 Å². The molecule has 0 aromatic heterocycles. The van der Waals surface area contributed by atoms with E-state index in [0.717, 1.165) is 30.0 Å². The van der Waals surface area contributed by atoms with Crippen molar-refractivity contribution in [3.8, 4) is 5.75 Å². The Morgan fingerprint density at radius 2 is 1.61 bits per heavy atom. The number of nitrogens with zero attached hydrogens (tertiary/aromatic N) is 2. The van der Waals surface area contributed by atoms with Gasteiger partial charge in [0, 0.05) is 29.4 Å². The van der Waals surface area contributed by atoms with Crippen molar-refractivity contribution >= 4 is 29.4 Å². The average molecular weight is 436 g/mol. The van der Waals surface area contributed by atoms with Crippen molar-refractivity contribution < 1.29 is 9.53 Å². The second-order valence-electron chi connectivity index (χ2n) is 6.90. The zero-order valence-corrected chi connectivity index (χ0v) is 18.5. The summed E-state index contributed by atoms with van der Waals surface area (Å²) in [5.41, 5.74) is 6.15. The quantitative estimate of drug-likeness (QED) is 0.355. The van der Waals surface area contributed by atoms with E-state index in [1.165, 1.54) is 5.69 Å². The van der Waals surface area contributed by atoms with Crippen molar-refractivity contribution in [2.75, 3.05) is 18.0 Å². The fourth-order valence-corrected chi connectivity index (χ4v) is 3.17. The molecule has 3 aromatic rings. The third-order valence-electron chi connectivity index (χ3n) is 4.84. The van der Waals surface area contributed by atoms with Gasteiger partial charge in [0.15, 0.2) is 0 Å². The van der Waals surface area contributed by atoms with Crippen LogP contribution in [0, 0.1) is 0 Å². The molecule has 0 saturated carbocycles. The van der Waals surface area contributed by atoms with Crippen molar-refractivity contribution in [2.45, 2.75) is 20.5 Å². The third-order valence-corrected chi connectivity index (χ3v) is 5.09. The summed E-state index contributed by atoms with van der Waals surface area (Å²) in [5.74, 6) is 0.479. The summed E-state index contributed by atoms with van der Waals surface area (Å²) in [7, 11) is 0. The van der Waals surface area contributed by atoms with Crippen LogP contribution in [0.3, 0.4) is 0 Å². The number of benzene rings is 3. The van der Waals surface area contributed by atoms with Gasteiger partial charge in [-0.3, -0.25) is 4.79 Å². The van der Waals surface area contributed by atoms with Gasteiger partial charge in [-0.15, -0.1) is 0 Å². The van der Waals surface area contributed by atoms with Crippen molar-refractivity contribution in [1.82, 2.24) is 5.43 Å². The number of carbonyl (C=O) groups excluding carboxylic acids is 1. The molecule has 0 unspecified atom stereocenters. The molecule has 0 radical (unpaired) electrons. The summed E-state index contributed by atoms with van der Waals surface area (Å²) >= 11 is 5.87. The summed E-state index contributed by atoms with van der Waals surface area (Å²) in [4.78, 5) is 14.6. The number of rotatable bonds is 9. The van der Waals surface area contributed by atoms with Crippen LogP contribution in [0.15, 0.2) is 77.9 Å². The predicted molar refractivity (Wildman–Crippen MR) is 127 cm³/mol. The van der Waals surface area contributed by atoms with Gasteiger partial charge in [-0.2, -0.15) is 5.10 Å². The minimum Gasteiger partial charge on any atom is -0.489 e. The molecule has 0 atom stereocenters. The first-order valence-electron chi connectivity index (χ1n) is 10.2. The second kappa shape index (κ2) is 11.2. The van der Waals surface area contributed by atoms with Gasteiger partial charge in [-0.25, -0.2) is 5.43 Å². The Kier molecular flexibility index (Phi) is 8.07. The first kappa shape index (κ1) is 22.4. The highest BCUT2D eigenvalue weighted by atomic mass is 35.5. The first-order chi connectivity index (χ1) is 15.1. The monoisotopic (exact) mass is 435 g/mol. The summed E-state index contributed by atoms with van der Waals surface area (Å²) in [6, 6.07) is 22.5. The van der Waals surface area contributed by atoms with Crippen LogP contribution in [0.25, 0.3) is 0 Å². The predicted octanol–water partition coefficient (Wildman–Crippen LogP) is 5.53. The molecule has 0 aliphatic heterocycles. The maximum absolute atomic E-state index is 12.3. The minimum atomic E-state index is -0.263. The highest BCUT2D eigenvalue weighted by Gasteiger charge is 2.05. The summed E-state index contributed by atoms with van der Waals surface area (Å²) < 4.78 is 5.71. The normalized spacial score (nSPS) is 10.8. The number of carbonyl (C=O) groups is 1. The molecule has 1 amide bonds. The molecule has 0 spiro atoms. The number of anilines is 1. The van der Waals surface area contributed by atoms with Gasteiger partial charge in [-0.1, -0.05) is 35.9 Å². The lowest BCUT2D eigenvalue weighted by molar-refractivity contribution is 0.0955. The van der Waals surface area contributed by atoms with Crippen LogP contribution in [0.5, 0.6) is 5.75 Å². The molecular formula is C25H26ClN3O2. The van der Waals surface area contributed by atoms with Crippen molar-refractivity contribution in [3.05, 3.63) is 94.5 Å². The topological polar surface area (TPSA) is 53.9 Å². The number of hydrazone groups is 1. The lowest BCUT2D eigenvalue weighted by atomic mass is 10.1. The first-order valence-corrected chi connectivity index (χ1v) is 10.6. The standard InChI is InChI=1S/C25H26ClN3O2/c1-3-29(4-2)23-13-7-19(8-14-23)17-27-28-25(30)21-9-5-20(6-10-21)18-31-24-15-11-22(26)12-16-24/h5-17H,3-4,18H2,1-2H3,(H,28,30)/b27-17-. The highest BCUT2D eigenvalue weighted by Crippen LogP contribution is 2.17. The Bertz CT molecular complexity index is 996. The highest BCUT2D eigenvalue weighted by molar-refractivity contribution is 6.30. The molecule has 0 bridgehead atoms. The van der Waals surface area contributed by atoms with E-state index in [-0.39, 0.29) is 5.91 Å². The van der Waals surface area contributed by atoms with Gasteiger partial charge in [-0.05, 0) is 73.5 Å². The molecular weight excluding hydrogens is 410 g/mol. The van der Waals surface area contributed by atoms with Gasteiger partial charge in [0.05, 0.1) is 6.21 Å². The van der Waals surface area contributed by atoms with Crippen LogP contribution in [-0.2, 0) is 6.61 Å². The third kappa shape index (κ3) is 6.59. The van der Waals surface area contributed by atoms with Gasteiger partial charge < -0.3 is 9.64 Å². The van der Waals surface area contributed by atoms with E-state index >= 15 is 0 Å². The summed E-state index contributed by atoms with van der Waals surface area (Å²) in [5, 5.41) is 4.73. The molecule has 6 heteroatoms. The Morgan fingerprint density at radius 1 is 0.968 bits per heavy atom. The number of halogens is 1. The molecule has 31 heavy (non-hydrogen) atoms. The zero-order valence-electron chi connectivity index (χ0n) is 17.7. The minimum absolute atomic E-state index is 0.263. The molecule has 5 nitrogen and oxygen atoms in total. The van der Waals surface area contributed by atoms with Gasteiger partial charge in [0.2, 0.25) is 0 Å². The SMILES string of the molecule is CCN(CC)c1ccc(/C=N\NC(=O)c2ccc(COc3ccc(Cl)cc3)cc2)cc1. The number of nitrogens with one attached hydrogen (secondary N) is 1. The van der Waals surface area contributed by atoms with Crippen LogP contribution in [-0.4, -0.2) is 25.2 Å². The fourth-order valence-electron chi connectivity index (χ4n) is 3.04. The Balaban J connectivity index is 1.50. The maximum atomic E-state index is 12.3. The Hall–Kier alpha value is -3.31. The molecule has 1 N–H and O–H groups in total. The van der Waals surface area contributed by atoms with Crippen LogP contribution in [0.1, 0.15) is 35.3 Å². The van der Waals surface area contributed by atoms with E-state index in [1.807, 2.05) is 36.4 Å². The zero-order chi connectivity index (χ0) is 22.1. The molecule has 0 aliphatic carbocycles. The second-order valence-corrected chi connectivity index (χ2v) is 7.34. The molecule has 0 fully saturated rings. The molecule has 3 aromatic carbocycles. The van der Waals surface area contributed by atoms with Gasteiger partial charge >= 0.3 is 0 Å². The van der Waals surface area contributed by atoms with E-state index in [4.69, 9.17) is 16.3 Å². The van der Waals surface area contributed by atoms with E-state index < -0.39 is 0 Å². The Labute approximate surface area is 188 Å². The fraction of sp³-hybridized carbons (Fsp3) is 0.200. The molecule has 0 heterocycles. The number of hydrogen-bond acceptors (Lipinski definition) is 4. The van der Waals surface area contributed by atoms with E-state index in [1.54, 1.807) is 30.5 Å². The lowest BCUT2D eigenvalue weighted by Gasteiger charge is -2.20. The molecule has 160 valence electrons. The van der Waals surface area contributed by atoms with Crippen molar-refractivity contribution in [2.24, 2.45) is 5.10 Å². The maximum Gasteiger partial charge on any atom is 0.271 e. The molecule has 3 rings (SSSR count). The summed E-state index contributed by atoms with van der Waals surface area (Å²) in [6.45, 7) is 6.60. The summed E-state index contributed by atoms with van der Waals surface area (Å²) in [6.07, 6.45) is 1.64. The Morgan fingerprint density at radius 3 is 2.23 bits per heavy atom. The van der Waals surface area contributed by atoms with Gasteiger partial charge in [0.1, 0.15) is 12.4 Å². The number of ether oxygens (including phenoxy) is 1. The molecule has 0 aliphatic rings. The molecule has 0 saturated heterocycles. The average Bonchev–Trinajstić information content (AvgIpc) is 2.81. The van der Waals surface area contributed by atoms with Crippen molar-refractivity contribution in [1.29, 1.82) is 0 Å². The number of hydrogen-bond donors (Lipinski definition) is 1. The van der Waals surface area contributed by atoms with Crippen LogP contribution in [0.4, 0.5) is 5.69 Å². The largest absolute Gasteiger partial charge is 0.489 e. The van der Waals surface area contributed by atoms with E-state index in [2.05, 4.69) is 41.4 Å².